The molecule has 0 saturated carbocycles. The number of anilines is 7. The van der Waals surface area contributed by atoms with Crippen molar-refractivity contribution in [3.8, 4) is 5.75 Å². The largest absolute Gasteiger partial charge is 0.505 e. The number of halogens is 1. The van der Waals surface area contributed by atoms with Crippen LogP contribution in [0.4, 0.5) is 63.1 Å². The zero-order valence-corrected chi connectivity index (χ0v) is 34.5. The van der Waals surface area contributed by atoms with E-state index in [9.17, 15) is 60.9 Å². The van der Waals surface area contributed by atoms with E-state index < -0.39 is 123 Å². The predicted octanol–water partition coefficient (Wildman–Crippen LogP) is 1.92. The van der Waals surface area contributed by atoms with Gasteiger partial charge in [-0.05, 0) is 65.5 Å². The van der Waals surface area contributed by atoms with Gasteiger partial charge in [-0.1, -0.05) is 0 Å². The molecule has 5 aromatic rings. The molecular weight excluding hydrogens is 962 g/mol. The van der Waals surface area contributed by atoms with Crippen molar-refractivity contribution in [2.45, 2.75) is 9.79 Å². The number of azo groups is 2. The number of phenolic OH excluding ortho intramolecular Hbond substituents is 1. The molecule has 332 valence electrons. The molecule has 0 aliphatic heterocycles. The van der Waals surface area contributed by atoms with E-state index in [-0.39, 0.29) is 22.9 Å². The molecule has 5 rings (SSSR count). The third kappa shape index (κ3) is 11.3. The van der Waals surface area contributed by atoms with E-state index in [1.165, 1.54) is 6.07 Å². The van der Waals surface area contributed by atoms with Gasteiger partial charge in [0.2, 0.25) is 17.2 Å². The predicted molar refractivity (Wildman–Crippen MR) is 214 cm³/mol. The van der Waals surface area contributed by atoms with Crippen LogP contribution < -0.4 is 42.7 Å². The van der Waals surface area contributed by atoms with E-state index in [2.05, 4.69) is 49.3 Å². The average Bonchev–Trinajstić information content (AvgIpc) is 3.12. The lowest BCUT2D eigenvalue weighted by atomic mass is 10.0. The number of rotatable bonds is 16. The van der Waals surface area contributed by atoms with Crippen LogP contribution in [0.2, 0.25) is 5.28 Å². The number of nitrogen functional groups attached to an aromatic ring is 2. The molecule has 0 bridgehead atoms. The van der Waals surface area contributed by atoms with Crippen LogP contribution in [0.3, 0.4) is 0 Å². The normalized spacial score (nSPS) is 12.9. The van der Waals surface area contributed by atoms with Crippen LogP contribution in [0.1, 0.15) is 0 Å². The number of phenols is 1. The van der Waals surface area contributed by atoms with Crippen LogP contribution in [0, 0.1) is 0 Å². The number of aromatic nitrogens is 3. The molecule has 0 fully saturated rings. The number of aromatic hydroxyl groups is 1. The Morgan fingerprint density at radius 1 is 0.613 bits per heavy atom. The van der Waals surface area contributed by atoms with Crippen molar-refractivity contribution < 1.29 is 69.4 Å². The quantitative estimate of drug-likeness (QED) is 0.0291. The summed E-state index contributed by atoms with van der Waals surface area (Å²) < 4.78 is 163. The van der Waals surface area contributed by atoms with E-state index in [4.69, 9.17) is 34.9 Å². The van der Waals surface area contributed by atoms with Crippen LogP contribution >= 0.6 is 11.6 Å². The first kappa shape index (κ1) is 46.8. The van der Waals surface area contributed by atoms with Crippen LogP contribution in [0.15, 0.2) is 78.8 Å². The summed E-state index contributed by atoms with van der Waals surface area (Å²) in [6.07, 6.45) is 0. The number of benzene rings is 4. The Hall–Kier alpha value is -6.29. The molecule has 4 aromatic carbocycles. The highest BCUT2D eigenvalue weighted by Crippen LogP contribution is 2.49. The van der Waals surface area contributed by atoms with Gasteiger partial charge in [0.05, 0.1) is 28.1 Å². The van der Waals surface area contributed by atoms with Gasteiger partial charge in [0.25, 0.3) is 0 Å². The van der Waals surface area contributed by atoms with Crippen molar-refractivity contribution in [2.75, 3.05) is 31.0 Å². The van der Waals surface area contributed by atoms with E-state index in [1.807, 2.05) is 0 Å². The highest BCUT2D eigenvalue weighted by atomic mass is 35.5. The topological polar surface area (TPSA) is 510 Å². The Bertz CT molecular complexity index is 3270. The molecule has 1 aromatic heterocycles. The van der Waals surface area contributed by atoms with Crippen molar-refractivity contribution >= 4 is 137 Å². The highest BCUT2D eigenvalue weighted by Gasteiger charge is 2.28. The van der Waals surface area contributed by atoms with Gasteiger partial charge in [-0.15, -0.1) is 20.5 Å². The van der Waals surface area contributed by atoms with Crippen molar-refractivity contribution in [1.29, 1.82) is 0 Å². The highest BCUT2D eigenvalue weighted by molar-refractivity contribution is 7.88. The van der Waals surface area contributed by atoms with Gasteiger partial charge >= 0.3 is 51.1 Å². The van der Waals surface area contributed by atoms with Crippen molar-refractivity contribution in [3.05, 3.63) is 53.8 Å². The lowest BCUT2D eigenvalue weighted by molar-refractivity contribution is 0.332. The monoisotopic (exact) mass is 985 g/mol. The summed E-state index contributed by atoms with van der Waals surface area (Å²) in [6.45, 7) is 0. The molecule has 0 spiro atoms. The summed E-state index contributed by atoms with van der Waals surface area (Å²) >= 11 is 5.81. The molecule has 0 atom stereocenters. The molecule has 37 heteroatoms. The molecule has 62 heavy (non-hydrogen) atoms. The molecule has 0 aliphatic carbocycles. The fourth-order valence-corrected chi connectivity index (χ4v) is 7.87. The summed E-state index contributed by atoms with van der Waals surface area (Å²) in [5, 5.41) is 27.7. The number of nitrogens with zero attached hydrogens (tertiary/aromatic N) is 7. The summed E-state index contributed by atoms with van der Waals surface area (Å²) in [7, 11) is -25.3. The molecule has 0 saturated heterocycles. The SMILES string of the molecule is NOS(=O)(=O)c1ccc(NS(=O)(=O)O)cc1/N=N/c1c(NS(=O)(=O)O)cc2cc(S(=O)(=O)ON)c(/N=N/c3cc(Nc4nc(N)nc(Cl)n4)ccc3NS(=O)(=O)O)c(O)c2c1N. The second kappa shape index (κ2) is 17.2. The third-order valence-corrected chi connectivity index (χ3v) is 11.1. The molecule has 0 unspecified atom stereocenters. The lowest BCUT2D eigenvalue weighted by Gasteiger charge is -2.16. The Morgan fingerprint density at radius 3 is 1.76 bits per heavy atom. The minimum atomic E-state index is -5.27. The molecule has 31 nitrogen and oxygen atoms in total. The van der Waals surface area contributed by atoms with Gasteiger partial charge in [0.15, 0.2) is 5.75 Å². The van der Waals surface area contributed by atoms with Crippen molar-refractivity contribution in [1.82, 2.24) is 15.0 Å². The number of hydrogen-bond acceptors (Lipinski definition) is 25. The zero-order valence-electron chi connectivity index (χ0n) is 29.7. The Morgan fingerprint density at radius 2 is 1.16 bits per heavy atom. The van der Waals surface area contributed by atoms with Crippen LogP contribution in [-0.2, 0) is 59.7 Å². The summed E-state index contributed by atoms with van der Waals surface area (Å²) in [5.41, 5.74) is 5.83. The van der Waals surface area contributed by atoms with Gasteiger partial charge in [-0.3, -0.25) is 27.8 Å². The summed E-state index contributed by atoms with van der Waals surface area (Å²) in [4.78, 5) is 9.18. The smallest absolute Gasteiger partial charge is 0.357 e. The second-order valence-corrected chi connectivity index (χ2v) is 18.3. The van der Waals surface area contributed by atoms with Gasteiger partial charge in [0.1, 0.15) is 32.5 Å². The third-order valence-electron chi connectivity index (χ3n) is 7.22. The van der Waals surface area contributed by atoms with Gasteiger partial charge in [0, 0.05) is 5.69 Å². The number of nitrogens with two attached hydrogens (primary N) is 4. The van der Waals surface area contributed by atoms with E-state index in [0.717, 1.165) is 18.2 Å². The van der Waals surface area contributed by atoms with Crippen molar-refractivity contribution in [3.63, 3.8) is 0 Å². The Labute approximate surface area is 352 Å². The molecular formula is C25H24ClN15O16S5. The fraction of sp³-hybridized carbons (Fsp3) is 0. The maximum absolute atomic E-state index is 13.1. The fourth-order valence-electron chi connectivity index (χ4n) is 4.95. The van der Waals surface area contributed by atoms with Crippen LogP contribution in [0.5, 0.6) is 5.75 Å². The van der Waals surface area contributed by atoms with Gasteiger partial charge < -0.3 is 21.9 Å². The zero-order chi connectivity index (χ0) is 46.2. The van der Waals surface area contributed by atoms with Gasteiger partial charge in [-0.25, -0.2) is 0 Å². The minimum Gasteiger partial charge on any atom is -0.505 e. The number of hydrogen-bond donors (Lipinski definition) is 12. The lowest BCUT2D eigenvalue weighted by Crippen LogP contribution is -2.13. The summed E-state index contributed by atoms with van der Waals surface area (Å²) in [6, 6.07) is 6.78. The van der Waals surface area contributed by atoms with E-state index in [0.29, 0.717) is 24.3 Å². The standard InChI is InChI=1S/C25H24ClN15O16S5/c26-23-32-24(28)34-25(33-23)31-10-1-3-12(40-61(50,51)52)13(7-10)35-38-21-17(59(45,46)57-30)6-9-5-15(41-62(53,54)55)20(19(27)18(9)22(21)42)37-36-14-8-11(39-60(47,48)49)2-4-16(14)58(43,44)56-29/h1-8,39-42H,27,29-30H2,(H,47,48,49)(H,50,51,52)(H,53,54,55)(H3,28,31,32,33,34)/b37-36+,38-35+. The van der Waals surface area contributed by atoms with Crippen molar-refractivity contribution in [2.24, 2.45) is 32.3 Å². The maximum atomic E-state index is 13.1. The summed E-state index contributed by atoms with van der Waals surface area (Å²) in [5.74, 6) is 8.08. The first-order valence-corrected chi connectivity index (χ1v) is 22.8. The van der Waals surface area contributed by atoms with E-state index in [1.54, 1.807) is 14.2 Å². The molecule has 0 amide bonds. The molecule has 16 N–H and O–H groups in total. The Balaban J connectivity index is 1.79. The van der Waals surface area contributed by atoms with Crippen LogP contribution in [0.25, 0.3) is 10.8 Å². The van der Waals surface area contributed by atoms with Crippen LogP contribution in [-0.4, -0.2) is 75.8 Å². The van der Waals surface area contributed by atoms with E-state index >= 15 is 0 Å². The minimum absolute atomic E-state index is 0.00577. The Kier molecular flexibility index (Phi) is 13.0. The first-order valence-electron chi connectivity index (χ1n) is 15.3. The molecule has 1 heterocycles. The average molecular weight is 986 g/mol. The number of fused-ring (bicyclic) bond motifs is 1. The number of nitrogens with one attached hydrogen (secondary N) is 4. The second-order valence-electron chi connectivity index (χ2n) is 11.4. The first-order chi connectivity index (χ1) is 28.6. The maximum Gasteiger partial charge on any atom is 0.357 e. The molecule has 0 radical (unpaired) electrons. The molecule has 0 aliphatic rings. The van der Waals surface area contributed by atoms with Gasteiger partial charge in [-0.2, -0.15) is 77.4 Å².